The summed E-state index contributed by atoms with van der Waals surface area (Å²) in [6.07, 6.45) is -0.178. The number of carbonyl (C=O) groups is 2. The highest BCUT2D eigenvalue weighted by Gasteiger charge is 2.35. The van der Waals surface area contributed by atoms with Gasteiger partial charge in [0.15, 0.2) is 0 Å². The van der Waals surface area contributed by atoms with E-state index >= 15 is 0 Å². The fraction of sp³-hybridized carbons (Fsp3) is 0.182. The minimum atomic E-state index is -1.01. The second-order valence-corrected chi connectivity index (χ2v) is 7.69. The van der Waals surface area contributed by atoms with E-state index in [0.717, 1.165) is 5.56 Å². The Bertz CT molecular complexity index is 1270. The zero-order valence-electron chi connectivity index (χ0n) is 17.3. The molecule has 164 valence electrons. The van der Waals surface area contributed by atoms with Crippen molar-refractivity contribution in [1.29, 1.82) is 0 Å². The summed E-state index contributed by atoms with van der Waals surface area (Å²) in [4.78, 5) is 45.1. The van der Waals surface area contributed by atoms with Crippen LogP contribution < -0.4 is 26.2 Å². The van der Waals surface area contributed by atoms with Crippen LogP contribution in [0.4, 0.5) is 23.1 Å². The van der Waals surface area contributed by atoms with Crippen LogP contribution in [-0.2, 0) is 9.59 Å². The maximum absolute atomic E-state index is 13.0. The number of fused-ring (bicyclic) bond motifs is 1. The molecular weight excluding hydrogens is 434 g/mol. The Morgan fingerprint density at radius 2 is 1.97 bits per heavy atom. The Kier molecular flexibility index (Phi) is 5.83. The zero-order chi connectivity index (χ0) is 22.8. The van der Waals surface area contributed by atoms with Crippen molar-refractivity contribution in [1.82, 2.24) is 9.97 Å². The van der Waals surface area contributed by atoms with E-state index in [4.69, 9.17) is 16.3 Å². The SMILES string of the molecule is COc1ccccc1Nc1nc2c(c(=O)[nH]1)C(C(=O)Nc1cc(Cl)ccc1C)CC(=O)N2. The van der Waals surface area contributed by atoms with Crippen LogP contribution in [0.3, 0.4) is 0 Å². The van der Waals surface area contributed by atoms with Crippen LogP contribution in [-0.4, -0.2) is 28.9 Å². The van der Waals surface area contributed by atoms with Gasteiger partial charge in [0.25, 0.3) is 5.56 Å². The molecular formula is C22H20ClN5O4. The maximum Gasteiger partial charge on any atom is 0.258 e. The Morgan fingerprint density at radius 1 is 1.19 bits per heavy atom. The Morgan fingerprint density at radius 3 is 2.75 bits per heavy atom. The second kappa shape index (κ2) is 8.72. The third-order valence-electron chi connectivity index (χ3n) is 5.09. The number of methoxy groups -OCH3 is 1. The first-order chi connectivity index (χ1) is 15.4. The molecule has 0 radical (unpaired) electrons. The van der Waals surface area contributed by atoms with E-state index in [0.29, 0.717) is 22.1 Å². The number of carbonyl (C=O) groups excluding carboxylic acids is 2. The molecule has 0 fully saturated rings. The van der Waals surface area contributed by atoms with Gasteiger partial charge in [0, 0.05) is 17.1 Å². The molecule has 9 nitrogen and oxygen atoms in total. The van der Waals surface area contributed by atoms with Gasteiger partial charge in [0.2, 0.25) is 17.8 Å². The number of aryl methyl sites for hydroxylation is 1. The lowest BCUT2D eigenvalue weighted by atomic mass is 9.92. The minimum Gasteiger partial charge on any atom is -0.495 e. The lowest BCUT2D eigenvalue weighted by Gasteiger charge is -2.24. The largest absolute Gasteiger partial charge is 0.495 e. The van der Waals surface area contributed by atoms with Crippen LogP contribution in [0.1, 0.15) is 23.5 Å². The van der Waals surface area contributed by atoms with Gasteiger partial charge in [-0.25, -0.2) is 0 Å². The lowest BCUT2D eigenvalue weighted by Crippen LogP contribution is -2.36. The number of para-hydroxylation sites is 2. The number of hydrogen-bond acceptors (Lipinski definition) is 6. The van der Waals surface area contributed by atoms with E-state index < -0.39 is 23.3 Å². The summed E-state index contributed by atoms with van der Waals surface area (Å²) in [5.41, 5.74) is 1.44. The Labute approximate surface area is 188 Å². The summed E-state index contributed by atoms with van der Waals surface area (Å²) in [6, 6.07) is 12.2. The number of benzene rings is 2. The first-order valence-electron chi connectivity index (χ1n) is 9.77. The van der Waals surface area contributed by atoms with Crippen molar-refractivity contribution in [3.63, 3.8) is 0 Å². The molecule has 0 saturated heterocycles. The molecule has 1 unspecified atom stereocenters. The number of nitrogens with zero attached hydrogens (tertiary/aromatic N) is 1. The molecule has 1 aromatic heterocycles. The number of amides is 2. The van der Waals surface area contributed by atoms with Crippen molar-refractivity contribution in [3.8, 4) is 5.75 Å². The standard InChI is InChI=1S/C22H20ClN5O4/c1-11-7-8-12(23)9-15(11)24-20(30)13-10-17(29)26-19-18(13)21(31)28-22(27-19)25-14-5-3-4-6-16(14)32-2/h3-9,13H,10H2,1-2H3,(H,24,30)(H3,25,26,27,28,29,31). The number of aromatic nitrogens is 2. The molecule has 32 heavy (non-hydrogen) atoms. The highest BCUT2D eigenvalue weighted by atomic mass is 35.5. The number of aromatic amines is 1. The molecule has 0 saturated carbocycles. The summed E-state index contributed by atoms with van der Waals surface area (Å²) in [5, 5.41) is 8.77. The van der Waals surface area contributed by atoms with Gasteiger partial charge in [-0.15, -0.1) is 0 Å². The summed E-state index contributed by atoms with van der Waals surface area (Å²) in [5.74, 6) is -1.23. The fourth-order valence-electron chi connectivity index (χ4n) is 3.48. The maximum atomic E-state index is 13.0. The van der Waals surface area contributed by atoms with E-state index in [1.165, 1.54) is 7.11 Å². The average Bonchev–Trinajstić information content (AvgIpc) is 2.75. The number of hydrogen-bond donors (Lipinski definition) is 4. The van der Waals surface area contributed by atoms with E-state index in [1.807, 2.05) is 6.92 Å². The van der Waals surface area contributed by atoms with Gasteiger partial charge in [0.1, 0.15) is 11.6 Å². The topological polar surface area (TPSA) is 125 Å². The molecule has 2 heterocycles. The van der Waals surface area contributed by atoms with Gasteiger partial charge in [-0.3, -0.25) is 19.4 Å². The molecule has 1 aliphatic rings. The van der Waals surface area contributed by atoms with Crippen molar-refractivity contribution < 1.29 is 14.3 Å². The monoisotopic (exact) mass is 453 g/mol. The van der Waals surface area contributed by atoms with Gasteiger partial charge in [-0.2, -0.15) is 4.98 Å². The number of H-pyrrole nitrogens is 1. The molecule has 4 N–H and O–H groups in total. The van der Waals surface area contributed by atoms with Crippen molar-refractivity contribution in [2.24, 2.45) is 0 Å². The molecule has 10 heteroatoms. The first kappa shape index (κ1) is 21.4. The molecule has 4 rings (SSSR count). The van der Waals surface area contributed by atoms with Crippen LogP contribution in [0.15, 0.2) is 47.3 Å². The van der Waals surface area contributed by atoms with Gasteiger partial charge in [-0.05, 0) is 36.8 Å². The lowest BCUT2D eigenvalue weighted by molar-refractivity contribution is -0.123. The Balaban J connectivity index is 1.66. The van der Waals surface area contributed by atoms with Crippen LogP contribution in [0.25, 0.3) is 0 Å². The number of nitrogens with one attached hydrogen (secondary N) is 4. The molecule has 2 amide bonds. The van der Waals surface area contributed by atoms with Crippen LogP contribution in [0.2, 0.25) is 5.02 Å². The Hall–Kier alpha value is -3.85. The average molecular weight is 454 g/mol. The van der Waals surface area contributed by atoms with E-state index in [9.17, 15) is 14.4 Å². The predicted molar refractivity (Wildman–Crippen MR) is 122 cm³/mol. The molecule has 0 spiro atoms. The molecule has 1 atom stereocenters. The van der Waals surface area contributed by atoms with E-state index in [-0.39, 0.29) is 23.8 Å². The quantitative estimate of drug-likeness (QED) is 0.468. The van der Waals surface area contributed by atoms with E-state index in [2.05, 4.69) is 25.9 Å². The number of halogens is 1. The smallest absolute Gasteiger partial charge is 0.258 e. The third-order valence-corrected chi connectivity index (χ3v) is 5.32. The van der Waals surface area contributed by atoms with Gasteiger partial charge in [-0.1, -0.05) is 29.8 Å². The third kappa shape index (κ3) is 4.28. The number of rotatable bonds is 5. The molecule has 0 aliphatic carbocycles. The summed E-state index contributed by atoms with van der Waals surface area (Å²) in [6.45, 7) is 1.82. The predicted octanol–water partition coefficient (Wildman–Crippen LogP) is 3.55. The minimum absolute atomic E-state index is 0.0327. The van der Waals surface area contributed by atoms with Gasteiger partial charge in [0.05, 0.1) is 24.3 Å². The van der Waals surface area contributed by atoms with Crippen LogP contribution in [0, 0.1) is 6.92 Å². The van der Waals surface area contributed by atoms with Crippen molar-refractivity contribution in [3.05, 3.63) is 69.0 Å². The normalized spacial score (nSPS) is 14.8. The van der Waals surface area contributed by atoms with Crippen molar-refractivity contribution >= 4 is 46.6 Å². The van der Waals surface area contributed by atoms with Gasteiger partial charge >= 0.3 is 0 Å². The highest BCUT2D eigenvalue weighted by Crippen LogP contribution is 2.32. The number of anilines is 4. The van der Waals surface area contributed by atoms with E-state index in [1.54, 1.807) is 42.5 Å². The molecule has 3 aromatic rings. The molecule has 0 bridgehead atoms. The molecule has 2 aromatic carbocycles. The van der Waals surface area contributed by atoms with Gasteiger partial charge < -0.3 is 20.7 Å². The fourth-order valence-corrected chi connectivity index (χ4v) is 3.65. The highest BCUT2D eigenvalue weighted by molar-refractivity contribution is 6.31. The zero-order valence-corrected chi connectivity index (χ0v) is 18.0. The van der Waals surface area contributed by atoms with Crippen molar-refractivity contribution in [2.75, 3.05) is 23.1 Å². The molecule has 1 aliphatic heterocycles. The summed E-state index contributed by atoms with van der Waals surface area (Å²) in [7, 11) is 1.52. The van der Waals surface area contributed by atoms with Crippen molar-refractivity contribution in [2.45, 2.75) is 19.3 Å². The van der Waals surface area contributed by atoms with Crippen LogP contribution in [0.5, 0.6) is 5.75 Å². The summed E-state index contributed by atoms with van der Waals surface area (Å²) < 4.78 is 5.29. The first-order valence-corrected chi connectivity index (χ1v) is 10.1. The summed E-state index contributed by atoms with van der Waals surface area (Å²) >= 11 is 6.02. The second-order valence-electron chi connectivity index (χ2n) is 7.26. The number of ether oxygens (including phenoxy) is 1. The van der Waals surface area contributed by atoms with Crippen LogP contribution >= 0.6 is 11.6 Å².